The standard InChI is InChI=1S/C14H18N2O4.ClH/c1-15(2)9-11-8-14(11,13(17)20-3)10-4-6-12(7-5-10)16(18)19;/h4-7,11H,8-9H2,1-3H3;1H. The number of benzene rings is 1. The first-order valence-electron chi connectivity index (χ1n) is 6.40. The first-order valence-corrected chi connectivity index (χ1v) is 6.40. The monoisotopic (exact) mass is 314 g/mol. The molecule has 2 unspecified atom stereocenters. The summed E-state index contributed by atoms with van der Waals surface area (Å²) < 4.78 is 4.93. The maximum Gasteiger partial charge on any atom is 0.316 e. The highest BCUT2D eigenvalue weighted by Gasteiger charge is 2.62. The highest BCUT2D eigenvalue weighted by Crippen LogP contribution is 2.55. The Hall–Kier alpha value is -1.66. The number of nitro groups is 1. The van der Waals surface area contributed by atoms with Gasteiger partial charge >= 0.3 is 5.97 Å². The Morgan fingerprint density at radius 3 is 2.43 bits per heavy atom. The van der Waals surface area contributed by atoms with Crippen molar-refractivity contribution >= 4 is 24.1 Å². The number of esters is 1. The van der Waals surface area contributed by atoms with Crippen molar-refractivity contribution in [1.82, 2.24) is 4.90 Å². The highest BCUT2D eigenvalue weighted by molar-refractivity contribution is 5.87. The number of halogens is 1. The number of nitro benzene ring substituents is 1. The summed E-state index contributed by atoms with van der Waals surface area (Å²) in [6.45, 7) is 0.784. The van der Waals surface area contributed by atoms with E-state index in [0.29, 0.717) is 0 Å². The minimum absolute atomic E-state index is 0. The molecule has 2 atom stereocenters. The zero-order valence-electron chi connectivity index (χ0n) is 12.2. The average Bonchev–Trinajstić information content (AvgIpc) is 3.12. The zero-order valence-corrected chi connectivity index (χ0v) is 13.1. The van der Waals surface area contributed by atoms with E-state index in [-0.39, 0.29) is 30.0 Å². The van der Waals surface area contributed by atoms with Gasteiger partial charge in [0.1, 0.15) is 0 Å². The Labute approximate surface area is 129 Å². The molecule has 0 saturated heterocycles. The Balaban J connectivity index is 0.00000220. The predicted molar refractivity (Wildman–Crippen MR) is 80.7 cm³/mol. The van der Waals surface area contributed by atoms with Crippen molar-refractivity contribution in [3.63, 3.8) is 0 Å². The van der Waals surface area contributed by atoms with Crippen LogP contribution in [0.1, 0.15) is 12.0 Å². The molecule has 2 rings (SSSR count). The molecule has 0 aromatic heterocycles. The molecule has 21 heavy (non-hydrogen) atoms. The summed E-state index contributed by atoms with van der Waals surface area (Å²) in [6.07, 6.45) is 0.718. The molecule has 1 saturated carbocycles. The summed E-state index contributed by atoms with van der Waals surface area (Å²) in [6, 6.07) is 6.19. The van der Waals surface area contributed by atoms with E-state index < -0.39 is 10.3 Å². The van der Waals surface area contributed by atoms with Crippen LogP contribution >= 0.6 is 12.4 Å². The van der Waals surface area contributed by atoms with E-state index in [0.717, 1.165) is 18.5 Å². The van der Waals surface area contributed by atoms with E-state index >= 15 is 0 Å². The maximum absolute atomic E-state index is 12.1. The van der Waals surface area contributed by atoms with Gasteiger partial charge in [0.15, 0.2) is 0 Å². The molecule has 1 aromatic carbocycles. The normalized spacial score (nSPS) is 23.3. The fourth-order valence-corrected chi connectivity index (χ4v) is 2.77. The van der Waals surface area contributed by atoms with Crippen molar-refractivity contribution in [3.05, 3.63) is 39.9 Å². The quantitative estimate of drug-likeness (QED) is 0.472. The molecular formula is C14H19ClN2O4. The molecule has 1 aromatic rings. The Kier molecular flexibility index (Phi) is 5.31. The summed E-state index contributed by atoms with van der Waals surface area (Å²) in [4.78, 5) is 24.4. The average molecular weight is 315 g/mol. The molecular weight excluding hydrogens is 296 g/mol. The van der Waals surface area contributed by atoms with Crippen LogP contribution in [0.25, 0.3) is 0 Å². The Morgan fingerprint density at radius 1 is 1.43 bits per heavy atom. The third-order valence-electron chi connectivity index (χ3n) is 3.83. The molecule has 1 aliphatic rings. The van der Waals surface area contributed by atoms with Crippen LogP contribution in [-0.4, -0.2) is 43.5 Å². The lowest BCUT2D eigenvalue weighted by atomic mass is 9.93. The van der Waals surface area contributed by atoms with Gasteiger partial charge in [-0.05, 0) is 32.0 Å². The van der Waals surface area contributed by atoms with Crippen molar-refractivity contribution in [3.8, 4) is 0 Å². The van der Waals surface area contributed by atoms with E-state index in [9.17, 15) is 14.9 Å². The topological polar surface area (TPSA) is 72.7 Å². The van der Waals surface area contributed by atoms with Crippen LogP contribution in [0, 0.1) is 16.0 Å². The van der Waals surface area contributed by atoms with Crippen molar-refractivity contribution in [2.75, 3.05) is 27.7 Å². The number of rotatable bonds is 5. The second kappa shape index (κ2) is 6.41. The first kappa shape index (κ1) is 17.4. The summed E-state index contributed by atoms with van der Waals surface area (Å²) in [5.74, 6) is -0.0791. The SMILES string of the molecule is COC(=O)C1(c2ccc([N+](=O)[O-])cc2)CC1CN(C)C.Cl. The fraction of sp³-hybridized carbons (Fsp3) is 0.500. The number of methoxy groups -OCH3 is 1. The molecule has 0 bridgehead atoms. The summed E-state index contributed by atoms with van der Waals surface area (Å²) >= 11 is 0. The second-order valence-electron chi connectivity index (χ2n) is 5.43. The van der Waals surface area contributed by atoms with Gasteiger partial charge in [-0.15, -0.1) is 12.4 Å². The fourth-order valence-electron chi connectivity index (χ4n) is 2.77. The Bertz CT molecular complexity index is 532. The molecule has 0 amide bonds. The van der Waals surface area contributed by atoms with Crippen LogP contribution in [0.15, 0.2) is 24.3 Å². The number of hydrogen-bond donors (Lipinski definition) is 0. The number of nitrogens with zero attached hydrogens (tertiary/aromatic N) is 2. The van der Waals surface area contributed by atoms with Gasteiger partial charge in [-0.3, -0.25) is 14.9 Å². The minimum atomic E-state index is -0.645. The molecule has 6 nitrogen and oxygen atoms in total. The van der Waals surface area contributed by atoms with Gasteiger partial charge in [-0.2, -0.15) is 0 Å². The first-order chi connectivity index (χ1) is 9.41. The lowest BCUT2D eigenvalue weighted by molar-refractivity contribution is -0.384. The van der Waals surface area contributed by atoms with Gasteiger partial charge in [0, 0.05) is 18.7 Å². The summed E-state index contributed by atoms with van der Waals surface area (Å²) in [5.41, 5.74) is 0.175. The van der Waals surface area contributed by atoms with E-state index in [1.54, 1.807) is 12.1 Å². The lowest BCUT2D eigenvalue weighted by Crippen LogP contribution is -2.28. The van der Waals surface area contributed by atoms with Crippen molar-refractivity contribution in [1.29, 1.82) is 0 Å². The van der Waals surface area contributed by atoms with E-state index in [1.165, 1.54) is 19.2 Å². The molecule has 116 valence electrons. The van der Waals surface area contributed by atoms with Crippen molar-refractivity contribution in [2.45, 2.75) is 11.8 Å². The highest BCUT2D eigenvalue weighted by atomic mass is 35.5. The number of ether oxygens (including phenoxy) is 1. The van der Waals surface area contributed by atoms with Crippen LogP contribution in [0.3, 0.4) is 0 Å². The van der Waals surface area contributed by atoms with Gasteiger partial charge in [0.2, 0.25) is 0 Å². The predicted octanol–water partition coefficient (Wildman–Crippen LogP) is 2.01. The third kappa shape index (κ3) is 3.16. The molecule has 0 aliphatic heterocycles. The van der Waals surface area contributed by atoms with Crippen LogP contribution in [0.5, 0.6) is 0 Å². The lowest BCUT2D eigenvalue weighted by Gasteiger charge is -2.17. The van der Waals surface area contributed by atoms with Gasteiger partial charge in [0.05, 0.1) is 17.4 Å². The molecule has 1 aliphatic carbocycles. The van der Waals surface area contributed by atoms with Crippen molar-refractivity contribution in [2.24, 2.45) is 5.92 Å². The third-order valence-corrected chi connectivity index (χ3v) is 3.83. The van der Waals surface area contributed by atoms with Gasteiger partial charge in [-0.1, -0.05) is 12.1 Å². The van der Waals surface area contributed by atoms with Gasteiger partial charge in [-0.25, -0.2) is 0 Å². The molecule has 0 N–H and O–H groups in total. The maximum atomic E-state index is 12.1. The van der Waals surface area contributed by atoms with Gasteiger partial charge in [0.25, 0.3) is 5.69 Å². The van der Waals surface area contributed by atoms with Crippen LogP contribution in [0.4, 0.5) is 5.69 Å². The van der Waals surface area contributed by atoms with Crippen LogP contribution in [0.2, 0.25) is 0 Å². The minimum Gasteiger partial charge on any atom is -0.468 e. The molecule has 1 fully saturated rings. The van der Waals surface area contributed by atoms with Crippen molar-refractivity contribution < 1.29 is 14.5 Å². The molecule has 0 heterocycles. The summed E-state index contributed by atoms with van der Waals surface area (Å²) in [7, 11) is 5.28. The molecule has 0 radical (unpaired) electrons. The van der Waals surface area contributed by atoms with E-state index in [1.807, 2.05) is 19.0 Å². The smallest absolute Gasteiger partial charge is 0.316 e. The number of carbonyl (C=O) groups is 1. The van der Waals surface area contributed by atoms with Gasteiger partial charge < -0.3 is 9.64 Å². The molecule has 0 spiro atoms. The van der Waals surface area contributed by atoms with E-state index in [2.05, 4.69) is 0 Å². The summed E-state index contributed by atoms with van der Waals surface area (Å²) in [5, 5.41) is 10.7. The van der Waals surface area contributed by atoms with Crippen LogP contribution in [-0.2, 0) is 14.9 Å². The second-order valence-corrected chi connectivity index (χ2v) is 5.43. The number of carbonyl (C=O) groups excluding carboxylic acids is 1. The zero-order chi connectivity index (χ0) is 14.9. The number of hydrogen-bond acceptors (Lipinski definition) is 5. The van der Waals surface area contributed by atoms with E-state index in [4.69, 9.17) is 4.74 Å². The number of non-ortho nitro benzene ring substituents is 1. The molecule has 7 heteroatoms. The Morgan fingerprint density at radius 2 is 2.00 bits per heavy atom. The largest absolute Gasteiger partial charge is 0.468 e. The van der Waals surface area contributed by atoms with Crippen LogP contribution < -0.4 is 0 Å².